The highest BCUT2D eigenvalue weighted by Crippen LogP contribution is 2.24. The monoisotopic (exact) mass is 240 g/mol. The van der Waals surface area contributed by atoms with Gasteiger partial charge in [0.25, 0.3) is 0 Å². The Bertz CT molecular complexity index is 236. The number of hydrogen-bond donors (Lipinski definition) is 0. The van der Waals surface area contributed by atoms with E-state index in [0.717, 1.165) is 25.7 Å². The molecule has 0 saturated carbocycles. The molecule has 0 aromatic carbocycles. The van der Waals surface area contributed by atoms with Crippen LogP contribution < -0.4 is 0 Å². The molecule has 1 aliphatic rings. The third-order valence-electron chi connectivity index (χ3n) is 4.03. The van der Waals surface area contributed by atoms with E-state index in [2.05, 4.69) is 37.7 Å². The first-order chi connectivity index (χ1) is 8.00. The summed E-state index contributed by atoms with van der Waals surface area (Å²) in [7, 11) is 4.36. The summed E-state index contributed by atoms with van der Waals surface area (Å²) in [6.07, 6.45) is 5.69. The van der Waals surface area contributed by atoms with Crippen LogP contribution >= 0.6 is 0 Å². The van der Waals surface area contributed by atoms with E-state index in [0.29, 0.717) is 6.04 Å². The van der Waals surface area contributed by atoms with Crippen molar-refractivity contribution >= 4 is 6.29 Å². The Hall–Kier alpha value is -0.410. The van der Waals surface area contributed by atoms with Gasteiger partial charge in [-0.1, -0.05) is 20.3 Å². The molecule has 3 nitrogen and oxygen atoms in total. The fourth-order valence-electron chi connectivity index (χ4n) is 2.88. The van der Waals surface area contributed by atoms with Gasteiger partial charge in [0.05, 0.1) is 0 Å². The molecule has 0 N–H and O–H groups in total. The van der Waals surface area contributed by atoms with Gasteiger partial charge in [0.2, 0.25) is 0 Å². The third kappa shape index (κ3) is 4.40. The van der Waals surface area contributed by atoms with Crippen molar-refractivity contribution in [1.29, 1.82) is 0 Å². The van der Waals surface area contributed by atoms with Gasteiger partial charge in [-0.05, 0) is 46.4 Å². The molecule has 100 valence electrons. The lowest BCUT2D eigenvalue weighted by atomic mass is 9.86. The summed E-state index contributed by atoms with van der Waals surface area (Å²) in [5.41, 5.74) is -0.160. The fourth-order valence-corrected chi connectivity index (χ4v) is 2.88. The molecule has 0 aliphatic carbocycles. The van der Waals surface area contributed by atoms with Crippen LogP contribution in [0.4, 0.5) is 0 Å². The molecule has 1 atom stereocenters. The molecule has 0 bridgehead atoms. The zero-order chi connectivity index (χ0) is 12.9. The van der Waals surface area contributed by atoms with Crippen molar-refractivity contribution in [2.24, 2.45) is 5.41 Å². The highest BCUT2D eigenvalue weighted by Gasteiger charge is 2.28. The normalized spacial score (nSPS) is 22.6. The second-order valence-corrected chi connectivity index (χ2v) is 5.97. The quantitative estimate of drug-likeness (QED) is 0.664. The standard InChI is InChI=1S/C14H28N2O/c1-5-8-14(2,12-17)11-16(4)13-6-9-15(3)10-7-13/h12-13H,5-11H2,1-4H3. The van der Waals surface area contributed by atoms with Crippen LogP contribution in [0.25, 0.3) is 0 Å². The van der Waals surface area contributed by atoms with E-state index in [9.17, 15) is 4.79 Å². The molecule has 3 heteroatoms. The van der Waals surface area contributed by atoms with Gasteiger partial charge in [-0.2, -0.15) is 0 Å². The van der Waals surface area contributed by atoms with E-state index in [1.807, 2.05) is 0 Å². The van der Waals surface area contributed by atoms with Gasteiger partial charge >= 0.3 is 0 Å². The predicted molar refractivity (Wildman–Crippen MR) is 72.2 cm³/mol. The number of rotatable bonds is 6. The van der Waals surface area contributed by atoms with Crippen LogP contribution in [0.2, 0.25) is 0 Å². The zero-order valence-electron chi connectivity index (χ0n) is 11.9. The minimum Gasteiger partial charge on any atom is -0.306 e. The fraction of sp³-hybridized carbons (Fsp3) is 0.929. The number of hydrogen-bond acceptors (Lipinski definition) is 3. The highest BCUT2D eigenvalue weighted by molar-refractivity contribution is 5.59. The predicted octanol–water partition coefficient (Wildman–Crippen LogP) is 2.02. The van der Waals surface area contributed by atoms with Crippen molar-refractivity contribution in [2.45, 2.75) is 45.6 Å². The number of aldehydes is 1. The smallest absolute Gasteiger partial charge is 0.127 e. The summed E-state index contributed by atoms with van der Waals surface area (Å²) in [5, 5.41) is 0. The Morgan fingerprint density at radius 2 is 2.00 bits per heavy atom. The third-order valence-corrected chi connectivity index (χ3v) is 4.03. The lowest BCUT2D eigenvalue weighted by Gasteiger charge is -2.38. The molecule has 0 spiro atoms. The maximum atomic E-state index is 11.3. The van der Waals surface area contributed by atoms with Crippen LogP contribution in [0.1, 0.15) is 39.5 Å². The summed E-state index contributed by atoms with van der Waals surface area (Å²) in [6, 6.07) is 0.655. The van der Waals surface area contributed by atoms with Crippen LogP contribution in [0, 0.1) is 5.41 Å². The van der Waals surface area contributed by atoms with Crippen LogP contribution in [-0.2, 0) is 4.79 Å². The zero-order valence-corrected chi connectivity index (χ0v) is 11.9. The topological polar surface area (TPSA) is 23.6 Å². The van der Waals surface area contributed by atoms with E-state index < -0.39 is 0 Å². The summed E-state index contributed by atoms with van der Waals surface area (Å²) < 4.78 is 0. The average Bonchev–Trinajstić information content (AvgIpc) is 2.30. The molecule has 1 unspecified atom stereocenters. The van der Waals surface area contributed by atoms with Gasteiger partial charge < -0.3 is 14.6 Å². The minimum atomic E-state index is -0.160. The van der Waals surface area contributed by atoms with Gasteiger partial charge in [-0.25, -0.2) is 0 Å². The van der Waals surface area contributed by atoms with E-state index in [4.69, 9.17) is 0 Å². The van der Waals surface area contributed by atoms with Crippen molar-refractivity contribution in [2.75, 3.05) is 33.7 Å². The van der Waals surface area contributed by atoms with E-state index in [1.54, 1.807) is 0 Å². The molecule has 0 aromatic rings. The molecule has 1 heterocycles. The highest BCUT2D eigenvalue weighted by atomic mass is 16.1. The maximum absolute atomic E-state index is 11.3. The largest absolute Gasteiger partial charge is 0.306 e. The van der Waals surface area contributed by atoms with E-state index >= 15 is 0 Å². The number of carbonyl (C=O) groups is 1. The molecular weight excluding hydrogens is 212 g/mol. The molecule has 1 fully saturated rings. The molecule has 1 aliphatic heterocycles. The lowest BCUT2D eigenvalue weighted by molar-refractivity contribution is -0.117. The van der Waals surface area contributed by atoms with Gasteiger partial charge in [0, 0.05) is 18.0 Å². The minimum absolute atomic E-state index is 0.160. The first kappa shape index (κ1) is 14.7. The molecule has 1 saturated heterocycles. The summed E-state index contributed by atoms with van der Waals surface area (Å²) in [4.78, 5) is 16.0. The molecule has 0 radical (unpaired) electrons. The number of piperidine rings is 1. The number of carbonyl (C=O) groups excluding carboxylic acids is 1. The van der Waals surface area contributed by atoms with Crippen LogP contribution in [-0.4, -0.2) is 55.9 Å². The van der Waals surface area contributed by atoms with Crippen molar-refractivity contribution in [1.82, 2.24) is 9.80 Å². The van der Waals surface area contributed by atoms with Gasteiger partial charge in [-0.3, -0.25) is 0 Å². The SMILES string of the molecule is CCCC(C)(C=O)CN(C)C1CCN(C)CC1. The summed E-state index contributed by atoms with van der Waals surface area (Å²) in [6.45, 7) is 7.51. The van der Waals surface area contributed by atoms with Crippen LogP contribution in [0.15, 0.2) is 0 Å². The first-order valence-electron chi connectivity index (χ1n) is 6.86. The second-order valence-electron chi connectivity index (χ2n) is 5.97. The van der Waals surface area contributed by atoms with Crippen molar-refractivity contribution in [3.63, 3.8) is 0 Å². The number of nitrogens with zero attached hydrogens (tertiary/aromatic N) is 2. The maximum Gasteiger partial charge on any atom is 0.127 e. The average molecular weight is 240 g/mol. The van der Waals surface area contributed by atoms with Gasteiger partial charge in [0.1, 0.15) is 6.29 Å². The Kier molecular flexibility index (Phi) is 5.60. The van der Waals surface area contributed by atoms with E-state index in [-0.39, 0.29) is 5.41 Å². The van der Waals surface area contributed by atoms with Crippen molar-refractivity contribution in [3.05, 3.63) is 0 Å². The molecule has 1 rings (SSSR count). The van der Waals surface area contributed by atoms with Crippen LogP contribution in [0.3, 0.4) is 0 Å². The molecule has 17 heavy (non-hydrogen) atoms. The molecule has 0 amide bonds. The Morgan fingerprint density at radius 3 is 2.47 bits per heavy atom. The summed E-state index contributed by atoms with van der Waals surface area (Å²) in [5.74, 6) is 0. The first-order valence-corrected chi connectivity index (χ1v) is 6.86. The van der Waals surface area contributed by atoms with Gasteiger partial charge in [-0.15, -0.1) is 0 Å². The lowest BCUT2D eigenvalue weighted by Crippen LogP contribution is -2.46. The Labute approximate surface area is 106 Å². The Balaban J connectivity index is 2.46. The van der Waals surface area contributed by atoms with Crippen molar-refractivity contribution < 1.29 is 4.79 Å². The number of likely N-dealkylation sites (tertiary alicyclic amines) is 1. The van der Waals surface area contributed by atoms with E-state index in [1.165, 1.54) is 25.9 Å². The van der Waals surface area contributed by atoms with Crippen LogP contribution in [0.5, 0.6) is 0 Å². The van der Waals surface area contributed by atoms with Gasteiger partial charge in [0.15, 0.2) is 0 Å². The molecular formula is C14H28N2O. The van der Waals surface area contributed by atoms with Crippen molar-refractivity contribution in [3.8, 4) is 0 Å². The molecule has 0 aromatic heterocycles. The Morgan fingerprint density at radius 1 is 1.41 bits per heavy atom. The summed E-state index contributed by atoms with van der Waals surface area (Å²) >= 11 is 0. The second kappa shape index (κ2) is 6.50.